The van der Waals surface area contributed by atoms with E-state index in [-0.39, 0.29) is 28.5 Å². The highest BCUT2D eigenvalue weighted by molar-refractivity contribution is 6.30. The molecule has 186 valence electrons. The van der Waals surface area contributed by atoms with Gasteiger partial charge in [-0.1, -0.05) is 11.6 Å². The van der Waals surface area contributed by atoms with Crippen molar-refractivity contribution in [1.29, 1.82) is 0 Å². The van der Waals surface area contributed by atoms with Crippen LogP contribution in [0.1, 0.15) is 57.3 Å². The second-order valence-electron chi connectivity index (χ2n) is 9.69. The Hall–Kier alpha value is -3.40. The summed E-state index contributed by atoms with van der Waals surface area (Å²) in [5.74, 6) is 0.900. The molecule has 4 rings (SSSR count). The Balaban J connectivity index is 1.81. The van der Waals surface area contributed by atoms with Gasteiger partial charge < -0.3 is 14.6 Å². The van der Waals surface area contributed by atoms with Gasteiger partial charge in [0, 0.05) is 32.3 Å². The van der Waals surface area contributed by atoms with E-state index in [9.17, 15) is 14.4 Å². The summed E-state index contributed by atoms with van der Waals surface area (Å²) in [6.45, 7) is 7.59. The number of hydrogen-bond donors (Lipinski definition) is 1. The SMILES string of the molecule is CCn1cc(Cl)cc(Nc2cc(N(C)C(=O)OC(C)(C)C)n3ncc(C(=O)CC4CC4)c3n2)c1=O. The first-order valence-electron chi connectivity index (χ1n) is 11.5. The topological polar surface area (TPSA) is 111 Å². The van der Waals surface area contributed by atoms with Crippen LogP contribution in [0.15, 0.2) is 29.3 Å². The summed E-state index contributed by atoms with van der Waals surface area (Å²) in [7, 11) is 1.55. The molecule has 1 aliphatic rings. The quantitative estimate of drug-likeness (QED) is 0.469. The summed E-state index contributed by atoms with van der Waals surface area (Å²) in [5.41, 5.74) is -0.132. The first-order valence-corrected chi connectivity index (χ1v) is 11.9. The van der Waals surface area contributed by atoms with Crippen molar-refractivity contribution < 1.29 is 14.3 Å². The summed E-state index contributed by atoms with van der Waals surface area (Å²) in [6.07, 6.45) is 4.92. The van der Waals surface area contributed by atoms with E-state index in [1.54, 1.807) is 40.1 Å². The van der Waals surface area contributed by atoms with E-state index < -0.39 is 11.7 Å². The van der Waals surface area contributed by atoms with Gasteiger partial charge in [0.15, 0.2) is 11.4 Å². The van der Waals surface area contributed by atoms with Crippen molar-refractivity contribution in [1.82, 2.24) is 19.2 Å². The van der Waals surface area contributed by atoms with Gasteiger partial charge in [-0.05, 0) is 52.5 Å². The van der Waals surface area contributed by atoms with E-state index in [0.717, 1.165) is 12.8 Å². The number of pyridine rings is 1. The molecule has 3 heterocycles. The Labute approximate surface area is 207 Å². The maximum absolute atomic E-state index is 12.9. The van der Waals surface area contributed by atoms with E-state index in [4.69, 9.17) is 16.3 Å². The van der Waals surface area contributed by atoms with Crippen LogP contribution in [0, 0.1) is 5.92 Å². The monoisotopic (exact) mass is 500 g/mol. The third-order valence-electron chi connectivity index (χ3n) is 5.59. The average Bonchev–Trinajstić information content (AvgIpc) is 3.48. The standard InChI is InChI=1S/C24H29ClN6O4/c1-6-30-13-15(25)10-17(22(30)33)27-19-11-20(29(5)23(34)35-24(2,3)4)31-21(28-19)16(12-26-31)18(32)9-14-7-8-14/h10-14H,6-9H2,1-5H3,(H,27,28). The Kier molecular flexibility index (Phi) is 6.59. The largest absolute Gasteiger partial charge is 0.443 e. The fourth-order valence-electron chi connectivity index (χ4n) is 3.63. The first kappa shape index (κ1) is 24.7. The molecule has 0 atom stereocenters. The molecule has 0 aromatic carbocycles. The molecule has 1 fully saturated rings. The van der Waals surface area contributed by atoms with Crippen LogP contribution in [0.2, 0.25) is 5.02 Å². The number of Topliss-reactive ketones (excluding diaryl/α,β-unsaturated/α-hetero) is 1. The van der Waals surface area contributed by atoms with Crippen LogP contribution in [0.25, 0.3) is 5.65 Å². The van der Waals surface area contributed by atoms with Gasteiger partial charge in [-0.15, -0.1) is 0 Å². The Morgan fingerprint density at radius 2 is 2.00 bits per heavy atom. The van der Waals surface area contributed by atoms with Crippen LogP contribution in [0.5, 0.6) is 0 Å². The molecule has 11 heteroatoms. The van der Waals surface area contributed by atoms with Crippen LogP contribution < -0.4 is 15.8 Å². The minimum atomic E-state index is -0.708. The van der Waals surface area contributed by atoms with Gasteiger partial charge in [-0.2, -0.15) is 9.61 Å². The van der Waals surface area contributed by atoms with Gasteiger partial charge in [0.25, 0.3) is 5.56 Å². The number of rotatable bonds is 7. The van der Waals surface area contributed by atoms with Gasteiger partial charge in [0.05, 0.1) is 16.8 Å². The van der Waals surface area contributed by atoms with Crippen LogP contribution in [0.3, 0.4) is 0 Å². The fourth-order valence-corrected chi connectivity index (χ4v) is 3.85. The van der Waals surface area contributed by atoms with Crippen LogP contribution >= 0.6 is 11.6 Å². The Morgan fingerprint density at radius 3 is 2.63 bits per heavy atom. The lowest BCUT2D eigenvalue weighted by Crippen LogP contribution is -2.35. The highest BCUT2D eigenvalue weighted by atomic mass is 35.5. The van der Waals surface area contributed by atoms with Gasteiger partial charge in [-0.3, -0.25) is 14.5 Å². The van der Waals surface area contributed by atoms with Crippen LogP contribution in [-0.2, 0) is 11.3 Å². The number of fused-ring (bicyclic) bond motifs is 1. The molecule has 10 nitrogen and oxygen atoms in total. The summed E-state index contributed by atoms with van der Waals surface area (Å²) in [5, 5.41) is 7.74. The number of amides is 1. The third kappa shape index (κ3) is 5.48. The number of carbonyl (C=O) groups is 2. The van der Waals surface area contributed by atoms with E-state index in [2.05, 4.69) is 15.4 Å². The number of ether oxygens (including phenoxy) is 1. The minimum absolute atomic E-state index is 0.0610. The molecule has 3 aromatic heterocycles. The summed E-state index contributed by atoms with van der Waals surface area (Å²) >= 11 is 6.20. The van der Waals surface area contributed by atoms with E-state index >= 15 is 0 Å². The van der Waals surface area contributed by atoms with E-state index in [1.165, 1.54) is 26.2 Å². The first-order chi connectivity index (χ1) is 16.5. The highest BCUT2D eigenvalue weighted by Gasteiger charge is 2.29. The third-order valence-corrected chi connectivity index (χ3v) is 5.80. The van der Waals surface area contributed by atoms with Crippen molar-refractivity contribution in [3.63, 3.8) is 0 Å². The molecule has 0 spiro atoms. The van der Waals surface area contributed by atoms with Gasteiger partial charge >= 0.3 is 6.09 Å². The number of nitrogens with zero attached hydrogens (tertiary/aromatic N) is 5. The van der Waals surface area contributed by atoms with Crippen LogP contribution in [-0.4, -0.2) is 43.7 Å². The molecule has 0 aliphatic heterocycles. The second kappa shape index (κ2) is 9.33. The molecule has 35 heavy (non-hydrogen) atoms. The molecular formula is C24H29ClN6O4. The predicted molar refractivity (Wildman–Crippen MR) is 134 cm³/mol. The predicted octanol–water partition coefficient (Wildman–Crippen LogP) is 4.66. The molecule has 0 saturated heterocycles. The number of carbonyl (C=O) groups excluding carboxylic acids is 2. The lowest BCUT2D eigenvalue weighted by molar-refractivity contribution is 0.0587. The number of nitrogens with one attached hydrogen (secondary N) is 1. The Bertz CT molecular complexity index is 1350. The minimum Gasteiger partial charge on any atom is -0.443 e. The molecule has 3 aromatic rings. The maximum Gasteiger partial charge on any atom is 0.415 e. The van der Waals surface area contributed by atoms with Crippen LogP contribution in [0.4, 0.5) is 22.1 Å². The van der Waals surface area contributed by atoms with Gasteiger partial charge in [0.2, 0.25) is 0 Å². The lowest BCUT2D eigenvalue weighted by atomic mass is 10.1. The summed E-state index contributed by atoms with van der Waals surface area (Å²) in [6, 6.07) is 3.07. The summed E-state index contributed by atoms with van der Waals surface area (Å²) < 4.78 is 8.41. The average molecular weight is 501 g/mol. The van der Waals surface area contributed by atoms with Crippen molar-refractivity contribution >= 4 is 46.4 Å². The molecule has 0 radical (unpaired) electrons. The number of halogens is 1. The number of aryl methyl sites for hydroxylation is 1. The molecule has 1 saturated carbocycles. The van der Waals surface area contributed by atoms with Crippen molar-refractivity contribution in [2.45, 2.75) is 59.1 Å². The zero-order valence-corrected chi connectivity index (χ0v) is 21.2. The normalized spacial score (nSPS) is 13.7. The van der Waals surface area contributed by atoms with Gasteiger partial charge in [0.1, 0.15) is 22.9 Å². The number of hydrogen-bond acceptors (Lipinski definition) is 7. The van der Waals surface area contributed by atoms with Crippen molar-refractivity contribution in [3.05, 3.63) is 45.5 Å². The number of anilines is 3. The molecule has 0 bridgehead atoms. The maximum atomic E-state index is 12.9. The van der Waals surface area contributed by atoms with Gasteiger partial charge in [-0.25, -0.2) is 9.78 Å². The van der Waals surface area contributed by atoms with Crippen molar-refractivity contribution in [2.75, 3.05) is 17.3 Å². The zero-order chi connectivity index (χ0) is 25.5. The number of ketones is 1. The van der Waals surface area contributed by atoms with Crippen molar-refractivity contribution in [3.8, 4) is 0 Å². The second-order valence-corrected chi connectivity index (χ2v) is 10.1. The fraction of sp³-hybridized carbons (Fsp3) is 0.458. The molecule has 0 unspecified atom stereocenters. The number of aromatic nitrogens is 4. The molecule has 1 amide bonds. The van der Waals surface area contributed by atoms with E-state index in [1.807, 2.05) is 6.92 Å². The lowest BCUT2D eigenvalue weighted by Gasteiger charge is -2.25. The smallest absolute Gasteiger partial charge is 0.415 e. The molecule has 1 aliphatic carbocycles. The van der Waals surface area contributed by atoms with E-state index in [0.29, 0.717) is 35.3 Å². The molecule has 1 N–H and O–H groups in total. The van der Waals surface area contributed by atoms with Crippen molar-refractivity contribution in [2.24, 2.45) is 5.92 Å². The summed E-state index contributed by atoms with van der Waals surface area (Å²) in [4.78, 5) is 44.5. The highest BCUT2D eigenvalue weighted by Crippen LogP contribution is 2.34. The Morgan fingerprint density at radius 1 is 1.29 bits per heavy atom. The molecular weight excluding hydrogens is 472 g/mol. The zero-order valence-electron chi connectivity index (χ0n) is 20.5.